The lowest BCUT2D eigenvalue weighted by Crippen LogP contribution is -2.38. The fourth-order valence-electron chi connectivity index (χ4n) is 3.53. The van der Waals surface area contributed by atoms with Gasteiger partial charge in [-0.05, 0) is 25.1 Å². The lowest BCUT2D eigenvalue weighted by molar-refractivity contribution is -0.126. The Kier molecular flexibility index (Phi) is 2.43. The number of carbonyl (C=O) groups excluding carboxylic acids is 2. The number of carbonyl (C=O) groups is 2. The van der Waals surface area contributed by atoms with Crippen molar-refractivity contribution in [2.45, 2.75) is 18.6 Å². The van der Waals surface area contributed by atoms with E-state index in [1.54, 1.807) is 6.92 Å². The van der Waals surface area contributed by atoms with Crippen molar-refractivity contribution in [1.29, 1.82) is 0 Å². The average Bonchev–Trinajstić information content (AvgIpc) is 3.03. The van der Waals surface area contributed by atoms with Crippen molar-refractivity contribution in [3.05, 3.63) is 41.2 Å². The monoisotopic (exact) mass is 307 g/mol. The number of amides is 2. The van der Waals surface area contributed by atoms with Gasteiger partial charge in [0.25, 0.3) is 0 Å². The third-order valence-electron chi connectivity index (χ3n) is 4.49. The maximum absolute atomic E-state index is 13.3. The fraction of sp³-hybridized carbons (Fsp3) is 0.333. The Morgan fingerprint density at radius 1 is 1.33 bits per heavy atom. The minimum Gasteiger partial charge on any atom is -0.362 e. The van der Waals surface area contributed by atoms with Crippen LogP contribution in [-0.4, -0.2) is 23.5 Å². The predicted octanol–water partition coefficient (Wildman–Crippen LogP) is 2.31. The van der Waals surface area contributed by atoms with Crippen LogP contribution in [-0.2, 0) is 14.3 Å². The molecule has 3 aliphatic heterocycles. The first-order valence-corrected chi connectivity index (χ1v) is 7.00. The van der Waals surface area contributed by atoms with E-state index >= 15 is 0 Å². The molecule has 4 nitrogen and oxygen atoms in total. The lowest BCUT2D eigenvalue weighted by Gasteiger charge is -2.24. The van der Waals surface area contributed by atoms with Crippen LogP contribution in [0.2, 0.25) is 5.02 Å². The molecule has 1 aromatic carbocycles. The summed E-state index contributed by atoms with van der Waals surface area (Å²) in [6.07, 6.45) is 3.30. The van der Waals surface area contributed by atoms with E-state index in [0.29, 0.717) is 5.69 Å². The molecule has 3 heterocycles. The van der Waals surface area contributed by atoms with Crippen LogP contribution in [0, 0.1) is 17.7 Å². The number of halogens is 2. The number of rotatable bonds is 1. The van der Waals surface area contributed by atoms with E-state index in [0.717, 1.165) is 11.0 Å². The first kappa shape index (κ1) is 13.0. The Bertz CT molecular complexity index is 719. The van der Waals surface area contributed by atoms with Crippen LogP contribution >= 0.6 is 11.6 Å². The van der Waals surface area contributed by atoms with Gasteiger partial charge in [0.2, 0.25) is 11.8 Å². The summed E-state index contributed by atoms with van der Waals surface area (Å²) in [5.41, 5.74) is -0.436. The maximum Gasteiger partial charge on any atom is 0.241 e. The molecule has 4 rings (SSSR count). The molecule has 6 heteroatoms. The van der Waals surface area contributed by atoms with E-state index in [1.165, 1.54) is 12.1 Å². The fourth-order valence-corrected chi connectivity index (χ4v) is 3.71. The normalized spacial score (nSPS) is 36.7. The molecule has 0 saturated carbocycles. The Morgan fingerprint density at radius 3 is 2.76 bits per heavy atom. The summed E-state index contributed by atoms with van der Waals surface area (Å²) in [4.78, 5) is 26.3. The van der Waals surface area contributed by atoms with Crippen LogP contribution in [0.25, 0.3) is 0 Å². The van der Waals surface area contributed by atoms with E-state index in [9.17, 15) is 14.0 Å². The molecule has 108 valence electrons. The van der Waals surface area contributed by atoms with Gasteiger partial charge in [-0.25, -0.2) is 9.29 Å². The van der Waals surface area contributed by atoms with Crippen LogP contribution in [0.15, 0.2) is 30.4 Å². The molecule has 0 aromatic heterocycles. The third kappa shape index (κ3) is 1.53. The maximum atomic E-state index is 13.3. The van der Waals surface area contributed by atoms with Gasteiger partial charge in [0, 0.05) is 0 Å². The van der Waals surface area contributed by atoms with Crippen LogP contribution in [0.1, 0.15) is 6.92 Å². The summed E-state index contributed by atoms with van der Waals surface area (Å²) in [7, 11) is 0. The Balaban J connectivity index is 1.78. The molecule has 2 bridgehead atoms. The van der Waals surface area contributed by atoms with Gasteiger partial charge in [0.05, 0.1) is 34.3 Å². The standard InChI is InChI=1S/C15H11ClFNO3/c1-15-5-4-10(21-15)11-12(15)14(20)18(13(11)19)7-2-3-9(17)8(16)6-7/h2-6,10-12H,1H3/t10-,11-,12+,15+/m0/s1. The highest BCUT2D eigenvalue weighted by atomic mass is 35.5. The van der Waals surface area contributed by atoms with E-state index in [2.05, 4.69) is 0 Å². The molecule has 3 aliphatic rings. The predicted molar refractivity (Wildman–Crippen MR) is 73.3 cm³/mol. The van der Waals surface area contributed by atoms with Crippen molar-refractivity contribution in [1.82, 2.24) is 0 Å². The SMILES string of the molecule is C[C@]12C=C[C@H](O1)[C@@H]1C(=O)N(c3ccc(F)c(Cl)c3)C(=O)[C@@H]12. The number of benzene rings is 1. The molecule has 2 fully saturated rings. The summed E-state index contributed by atoms with van der Waals surface area (Å²) in [6, 6.07) is 3.83. The topological polar surface area (TPSA) is 46.6 Å². The molecule has 0 spiro atoms. The second kappa shape index (κ2) is 3.93. The molecular formula is C15H11ClFNO3. The van der Waals surface area contributed by atoms with Crippen molar-refractivity contribution in [2.75, 3.05) is 4.90 Å². The molecule has 0 radical (unpaired) electrons. The smallest absolute Gasteiger partial charge is 0.241 e. The van der Waals surface area contributed by atoms with Crippen molar-refractivity contribution in [2.24, 2.45) is 11.8 Å². The zero-order valence-electron chi connectivity index (χ0n) is 11.0. The van der Waals surface area contributed by atoms with Gasteiger partial charge in [0.15, 0.2) is 0 Å². The van der Waals surface area contributed by atoms with Crippen LogP contribution in [0.5, 0.6) is 0 Å². The second-order valence-electron chi connectivity index (χ2n) is 5.74. The number of ether oxygens (including phenoxy) is 1. The third-order valence-corrected chi connectivity index (χ3v) is 4.78. The molecule has 0 N–H and O–H groups in total. The summed E-state index contributed by atoms with van der Waals surface area (Å²) >= 11 is 5.74. The molecule has 2 saturated heterocycles. The van der Waals surface area contributed by atoms with Crippen molar-refractivity contribution in [3.8, 4) is 0 Å². The first-order chi connectivity index (χ1) is 9.92. The number of hydrogen-bond donors (Lipinski definition) is 0. The summed E-state index contributed by atoms with van der Waals surface area (Å²) in [5.74, 6) is -2.25. The number of nitrogens with zero attached hydrogens (tertiary/aromatic N) is 1. The van der Waals surface area contributed by atoms with Crippen molar-refractivity contribution < 1.29 is 18.7 Å². The molecule has 2 amide bonds. The van der Waals surface area contributed by atoms with E-state index in [4.69, 9.17) is 16.3 Å². The zero-order valence-corrected chi connectivity index (χ0v) is 11.8. The van der Waals surface area contributed by atoms with E-state index < -0.39 is 23.3 Å². The highest BCUT2D eigenvalue weighted by molar-refractivity contribution is 6.31. The number of imide groups is 1. The second-order valence-corrected chi connectivity index (χ2v) is 6.15. The molecule has 0 aliphatic carbocycles. The van der Waals surface area contributed by atoms with E-state index in [-0.39, 0.29) is 22.9 Å². The van der Waals surface area contributed by atoms with Gasteiger partial charge in [-0.2, -0.15) is 0 Å². The highest BCUT2D eigenvalue weighted by Gasteiger charge is 2.66. The van der Waals surface area contributed by atoms with Gasteiger partial charge >= 0.3 is 0 Å². The Hall–Kier alpha value is -1.72. The van der Waals surface area contributed by atoms with Crippen molar-refractivity contribution >= 4 is 29.1 Å². The summed E-state index contributed by atoms with van der Waals surface area (Å²) in [5, 5.41) is -0.117. The molecule has 1 aromatic rings. The largest absolute Gasteiger partial charge is 0.362 e. The van der Waals surface area contributed by atoms with Crippen molar-refractivity contribution in [3.63, 3.8) is 0 Å². The minimum atomic E-state index is -0.735. The van der Waals surface area contributed by atoms with Gasteiger partial charge in [0.1, 0.15) is 5.82 Å². The summed E-state index contributed by atoms with van der Waals surface area (Å²) in [6.45, 7) is 1.81. The van der Waals surface area contributed by atoms with E-state index in [1.807, 2.05) is 12.2 Å². The zero-order chi connectivity index (χ0) is 14.9. The number of anilines is 1. The molecular weight excluding hydrogens is 297 g/mol. The Morgan fingerprint density at radius 2 is 2.10 bits per heavy atom. The summed E-state index contributed by atoms with van der Waals surface area (Å²) < 4.78 is 19.0. The number of fused-ring (bicyclic) bond motifs is 5. The highest BCUT2D eigenvalue weighted by Crippen LogP contribution is 2.52. The minimum absolute atomic E-state index is 0.117. The van der Waals surface area contributed by atoms with Gasteiger partial charge < -0.3 is 4.74 Å². The van der Waals surface area contributed by atoms with Gasteiger partial charge in [-0.3, -0.25) is 9.59 Å². The average molecular weight is 308 g/mol. The van der Waals surface area contributed by atoms with Crippen LogP contribution in [0.3, 0.4) is 0 Å². The first-order valence-electron chi connectivity index (χ1n) is 6.62. The van der Waals surface area contributed by atoms with Gasteiger partial charge in [-0.15, -0.1) is 0 Å². The lowest BCUT2D eigenvalue weighted by atomic mass is 9.78. The Labute approximate surface area is 125 Å². The number of hydrogen-bond acceptors (Lipinski definition) is 3. The van der Waals surface area contributed by atoms with Gasteiger partial charge in [-0.1, -0.05) is 23.8 Å². The van der Waals surface area contributed by atoms with Crippen LogP contribution < -0.4 is 4.90 Å². The molecule has 4 atom stereocenters. The van der Waals surface area contributed by atoms with Crippen LogP contribution in [0.4, 0.5) is 10.1 Å². The molecule has 0 unspecified atom stereocenters. The quantitative estimate of drug-likeness (QED) is 0.591. The molecule has 21 heavy (non-hydrogen) atoms.